The number of amides is 1. The lowest BCUT2D eigenvalue weighted by Crippen LogP contribution is -2.14. The normalized spacial score (nSPS) is 15.5. The molecule has 0 spiro atoms. The van der Waals surface area contributed by atoms with Crippen molar-refractivity contribution in [1.82, 2.24) is 0 Å². The second-order valence-corrected chi connectivity index (χ2v) is 6.50. The summed E-state index contributed by atoms with van der Waals surface area (Å²) in [7, 11) is 0. The van der Waals surface area contributed by atoms with E-state index in [-0.39, 0.29) is 11.7 Å². The van der Waals surface area contributed by atoms with Crippen molar-refractivity contribution < 1.29 is 14.3 Å². The van der Waals surface area contributed by atoms with E-state index in [0.717, 1.165) is 23.3 Å². The van der Waals surface area contributed by atoms with Crippen LogP contribution in [0, 0.1) is 18.3 Å². The predicted molar refractivity (Wildman–Crippen MR) is 105 cm³/mol. The van der Waals surface area contributed by atoms with Gasteiger partial charge in [0.2, 0.25) is 0 Å². The van der Waals surface area contributed by atoms with Gasteiger partial charge in [-0.1, -0.05) is 18.2 Å². The molecule has 1 aliphatic rings. The topological polar surface area (TPSA) is 71.3 Å². The number of aryl methyl sites for hydroxylation is 1. The number of para-hydroxylation sites is 1. The number of hydrogen-bond donors (Lipinski definition) is 1. The van der Waals surface area contributed by atoms with Crippen LogP contribution >= 0.6 is 0 Å². The van der Waals surface area contributed by atoms with Crippen molar-refractivity contribution >= 4 is 17.7 Å². The minimum Gasteiger partial charge on any atom is -0.493 e. The molecule has 0 bridgehead atoms. The lowest BCUT2D eigenvalue weighted by molar-refractivity contribution is -0.112. The number of rotatable bonds is 5. The van der Waals surface area contributed by atoms with Crippen LogP contribution in [-0.2, 0) is 11.2 Å². The maximum absolute atomic E-state index is 12.6. The highest BCUT2D eigenvalue weighted by atomic mass is 16.5. The van der Waals surface area contributed by atoms with Gasteiger partial charge in [0.15, 0.2) is 0 Å². The Morgan fingerprint density at radius 2 is 2.19 bits per heavy atom. The summed E-state index contributed by atoms with van der Waals surface area (Å²) in [5, 5.41) is 12.3. The zero-order valence-corrected chi connectivity index (χ0v) is 15.7. The maximum Gasteiger partial charge on any atom is 0.266 e. The molecule has 0 radical (unpaired) electrons. The second-order valence-electron chi connectivity index (χ2n) is 6.50. The van der Waals surface area contributed by atoms with Crippen molar-refractivity contribution in [3.63, 3.8) is 0 Å². The summed E-state index contributed by atoms with van der Waals surface area (Å²) in [6, 6.07) is 13.2. The molecule has 1 N–H and O–H groups in total. The molecule has 0 aromatic heterocycles. The first kappa shape index (κ1) is 18.5. The van der Waals surface area contributed by atoms with E-state index in [1.807, 2.05) is 57.2 Å². The molecule has 1 heterocycles. The van der Waals surface area contributed by atoms with E-state index in [9.17, 15) is 10.1 Å². The minimum absolute atomic E-state index is 0.00482. The number of nitrogens with zero attached hydrogens (tertiary/aromatic N) is 1. The average Bonchev–Trinajstić information content (AvgIpc) is 3.00. The quantitative estimate of drug-likeness (QED) is 0.637. The Kier molecular flexibility index (Phi) is 5.46. The number of ether oxygens (including phenoxy) is 2. The number of anilines is 1. The van der Waals surface area contributed by atoms with E-state index in [0.29, 0.717) is 23.6 Å². The molecule has 2 aromatic carbocycles. The summed E-state index contributed by atoms with van der Waals surface area (Å²) in [6.07, 6.45) is 2.47. The van der Waals surface area contributed by atoms with E-state index in [1.54, 1.807) is 12.1 Å². The molecule has 0 fully saturated rings. The fraction of sp³-hybridized carbons (Fsp3) is 0.273. The average molecular weight is 362 g/mol. The fourth-order valence-corrected chi connectivity index (χ4v) is 3.06. The highest BCUT2D eigenvalue weighted by Crippen LogP contribution is 2.36. The molecular weight excluding hydrogens is 340 g/mol. The number of hydrogen-bond acceptors (Lipinski definition) is 4. The molecule has 5 nitrogen and oxygen atoms in total. The van der Waals surface area contributed by atoms with Gasteiger partial charge in [0.1, 0.15) is 29.2 Å². The first-order valence-corrected chi connectivity index (χ1v) is 8.97. The predicted octanol–water partition coefficient (Wildman–Crippen LogP) is 4.26. The van der Waals surface area contributed by atoms with Crippen LogP contribution in [0.5, 0.6) is 11.5 Å². The summed E-state index contributed by atoms with van der Waals surface area (Å²) < 4.78 is 11.5. The van der Waals surface area contributed by atoms with Crippen LogP contribution in [0.15, 0.2) is 42.0 Å². The summed E-state index contributed by atoms with van der Waals surface area (Å²) in [5.74, 6) is 0.961. The van der Waals surface area contributed by atoms with Crippen LogP contribution in [0.25, 0.3) is 6.08 Å². The molecule has 138 valence electrons. The molecule has 1 atom stereocenters. The van der Waals surface area contributed by atoms with Gasteiger partial charge in [-0.3, -0.25) is 4.79 Å². The summed E-state index contributed by atoms with van der Waals surface area (Å²) in [4.78, 5) is 12.6. The SMILES string of the molecule is CCOc1cc2c(cc1C=C(C#N)C(=O)Nc1ccccc1C)OC(C)C2. The van der Waals surface area contributed by atoms with Gasteiger partial charge < -0.3 is 14.8 Å². The maximum atomic E-state index is 12.6. The minimum atomic E-state index is -0.455. The third-order valence-electron chi connectivity index (χ3n) is 4.39. The number of nitriles is 1. The van der Waals surface area contributed by atoms with Crippen LogP contribution in [0.2, 0.25) is 0 Å². The molecule has 1 aliphatic heterocycles. The van der Waals surface area contributed by atoms with Crippen molar-refractivity contribution in [2.75, 3.05) is 11.9 Å². The Morgan fingerprint density at radius 1 is 1.41 bits per heavy atom. The van der Waals surface area contributed by atoms with E-state index in [2.05, 4.69) is 5.32 Å². The second kappa shape index (κ2) is 7.96. The van der Waals surface area contributed by atoms with Crippen molar-refractivity contribution in [2.45, 2.75) is 33.3 Å². The number of fused-ring (bicyclic) bond motifs is 1. The van der Waals surface area contributed by atoms with Crippen LogP contribution in [0.3, 0.4) is 0 Å². The highest BCUT2D eigenvalue weighted by molar-refractivity contribution is 6.10. The lowest BCUT2D eigenvalue weighted by atomic mass is 10.0. The van der Waals surface area contributed by atoms with Crippen molar-refractivity contribution in [1.29, 1.82) is 5.26 Å². The van der Waals surface area contributed by atoms with Gasteiger partial charge in [-0.25, -0.2) is 0 Å². The molecule has 0 saturated heterocycles. The third-order valence-corrected chi connectivity index (χ3v) is 4.39. The summed E-state index contributed by atoms with van der Waals surface area (Å²) >= 11 is 0. The number of benzene rings is 2. The molecule has 1 unspecified atom stereocenters. The van der Waals surface area contributed by atoms with E-state index in [1.165, 1.54) is 0 Å². The monoisotopic (exact) mass is 362 g/mol. The summed E-state index contributed by atoms with van der Waals surface area (Å²) in [5.41, 5.74) is 3.34. The van der Waals surface area contributed by atoms with Crippen molar-refractivity contribution in [2.24, 2.45) is 0 Å². The molecule has 27 heavy (non-hydrogen) atoms. The number of carbonyl (C=O) groups is 1. The van der Waals surface area contributed by atoms with E-state index < -0.39 is 5.91 Å². The van der Waals surface area contributed by atoms with Crippen LogP contribution in [-0.4, -0.2) is 18.6 Å². The lowest BCUT2D eigenvalue weighted by Gasteiger charge is -2.11. The molecular formula is C22H22N2O3. The largest absolute Gasteiger partial charge is 0.493 e. The highest BCUT2D eigenvalue weighted by Gasteiger charge is 2.22. The van der Waals surface area contributed by atoms with Gasteiger partial charge in [-0.15, -0.1) is 0 Å². The number of nitrogens with one attached hydrogen (secondary N) is 1. The van der Waals surface area contributed by atoms with E-state index in [4.69, 9.17) is 9.47 Å². The van der Waals surface area contributed by atoms with Gasteiger partial charge in [-0.2, -0.15) is 5.26 Å². The smallest absolute Gasteiger partial charge is 0.266 e. The van der Waals surface area contributed by atoms with Gasteiger partial charge >= 0.3 is 0 Å². The Labute approximate surface area is 159 Å². The standard InChI is InChI=1S/C22H22N2O3/c1-4-26-20-11-16-9-15(3)27-21(16)12-17(20)10-18(13-23)22(25)24-19-8-6-5-7-14(19)2/h5-8,10-12,15H,4,9H2,1-3H3,(H,24,25). The zero-order valence-electron chi connectivity index (χ0n) is 15.7. The first-order chi connectivity index (χ1) is 13.0. The van der Waals surface area contributed by atoms with Crippen LogP contribution in [0.1, 0.15) is 30.5 Å². The van der Waals surface area contributed by atoms with Crippen molar-refractivity contribution in [3.05, 3.63) is 58.7 Å². The van der Waals surface area contributed by atoms with Crippen LogP contribution in [0.4, 0.5) is 5.69 Å². The molecule has 3 rings (SSSR count). The Bertz CT molecular complexity index is 941. The summed E-state index contributed by atoms with van der Waals surface area (Å²) in [6.45, 7) is 6.30. The first-order valence-electron chi connectivity index (χ1n) is 8.97. The van der Waals surface area contributed by atoms with Gasteiger partial charge in [0.05, 0.1) is 6.61 Å². The van der Waals surface area contributed by atoms with Gasteiger partial charge in [0, 0.05) is 23.2 Å². The van der Waals surface area contributed by atoms with Gasteiger partial charge in [0.25, 0.3) is 5.91 Å². The van der Waals surface area contributed by atoms with Crippen LogP contribution < -0.4 is 14.8 Å². The van der Waals surface area contributed by atoms with E-state index >= 15 is 0 Å². The number of carbonyl (C=O) groups excluding carboxylic acids is 1. The molecule has 0 saturated carbocycles. The fourth-order valence-electron chi connectivity index (χ4n) is 3.06. The molecule has 1 amide bonds. The molecule has 5 heteroatoms. The molecule has 2 aromatic rings. The van der Waals surface area contributed by atoms with Crippen molar-refractivity contribution in [3.8, 4) is 17.6 Å². The molecule has 0 aliphatic carbocycles. The Hall–Kier alpha value is -3.26. The Morgan fingerprint density at radius 3 is 2.89 bits per heavy atom. The van der Waals surface area contributed by atoms with Gasteiger partial charge in [-0.05, 0) is 50.6 Å². The Balaban J connectivity index is 1.93. The zero-order chi connectivity index (χ0) is 19.4. The third kappa shape index (κ3) is 4.12.